The third kappa shape index (κ3) is 5.17. The number of ether oxygens (including phenoxy) is 2. The highest BCUT2D eigenvalue weighted by atomic mass is 79.9. The van der Waals surface area contributed by atoms with Crippen LogP contribution in [0.5, 0.6) is 5.75 Å². The quantitative estimate of drug-likeness (QED) is 0.214. The highest BCUT2D eigenvalue weighted by Gasteiger charge is 2.35. The Kier molecular flexibility index (Phi) is 7.70. The van der Waals surface area contributed by atoms with Gasteiger partial charge in [-0.25, -0.2) is 9.79 Å². The van der Waals surface area contributed by atoms with E-state index in [2.05, 4.69) is 52.1 Å². The van der Waals surface area contributed by atoms with E-state index in [1.807, 2.05) is 48.5 Å². The van der Waals surface area contributed by atoms with Crippen LogP contribution in [-0.2, 0) is 9.53 Å². The SMILES string of the molecule is COc1ccc(Br)cc1[C@@H]1C(C(=O)OC(C)C)=C(C)N=c2s/c(=C\c3c(-c4ccccc4)[nH]c4c(C)cccc34)c(=O)n21. The number of para-hydroxylation sites is 1. The van der Waals surface area contributed by atoms with E-state index in [0.717, 1.165) is 37.8 Å². The molecule has 1 aliphatic heterocycles. The zero-order valence-corrected chi connectivity index (χ0v) is 26.8. The number of methoxy groups -OCH3 is 1. The molecule has 0 saturated carbocycles. The lowest BCUT2D eigenvalue weighted by Crippen LogP contribution is -2.40. The number of aryl methyl sites for hydroxylation is 1. The number of rotatable bonds is 6. The van der Waals surface area contributed by atoms with Crippen molar-refractivity contribution in [3.63, 3.8) is 0 Å². The van der Waals surface area contributed by atoms with Gasteiger partial charge < -0.3 is 14.5 Å². The maximum atomic E-state index is 14.4. The van der Waals surface area contributed by atoms with Crippen molar-refractivity contribution < 1.29 is 14.3 Å². The number of nitrogens with one attached hydrogen (secondary N) is 1. The maximum Gasteiger partial charge on any atom is 0.338 e. The van der Waals surface area contributed by atoms with Crippen molar-refractivity contribution in [1.82, 2.24) is 9.55 Å². The Bertz CT molecular complexity index is 2100. The normalized spacial score (nSPS) is 15.1. The molecule has 1 atom stereocenters. The Hall–Kier alpha value is -4.21. The predicted molar refractivity (Wildman–Crippen MR) is 174 cm³/mol. The number of carbonyl (C=O) groups is 1. The number of thiazole rings is 1. The van der Waals surface area contributed by atoms with Crippen LogP contribution in [-0.4, -0.2) is 28.7 Å². The first-order chi connectivity index (χ1) is 20.7. The van der Waals surface area contributed by atoms with Crippen LogP contribution in [0.15, 0.2) is 92.3 Å². The second kappa shape index (κ2) is 11.5. The standard InChI is InChI=1S/C34H30BrN3O4S/c1-18(2)42-33(40)28-20(4)36-34-38(31(28)25-16-22(35)14-15-26(25)41-5)32(39)27(43-34)17-24-23-13-9-10-19(3)29(23)37-30(24)21-11-7-6-8-12-21/h6-18,31,37H,1-5H3/b27-17-/t31-/m1/s1. The number of allylic oxidation sites excluding steroid dienone is 1. The molecular formula is C34H30BrN3O4S. The number of fused-ring (bicyclic) bond motifs is 2. The van der Waals surface area contributed by atoms with Crippen LogP contribution in [0.2, 0.25) is 0 Å². The summed E-state index contributed by atoms with van der Waals surface area (Å²) >= 11 is 4.86. The van der Waals surface area contributed by atoms with Gasteiger partial charge in [0.1, 0.15) is 11.8 Å². The molecule has 43 heavy (non-hydrogen) atoms. The Morgan fingerprint density at radius 3 is 2.58 bits per heavy atom. The van der Waals surface area contributed by atoms with Crippen LogP contribution in [0, 0.1) is 6.92 Å². The van der Waals surface area contributed by atoms with Gasteiger partial charge in [0.05, 0.1) is 34.7 Å². The smallest absolute Gasteiger partial charge is 0.338 e. The van der Waals surface area contributed by atoms with Crippen molar-refractivity contribution in [2.24, 2.45) is 4.99 Å². The van der Waals surface area contributed by atoms with Crippen molar-refractivity contribution in [1.29, 1.82) is 0 Å². The molecule has 0 unspecified atom stereocenters. The highest BCUT2D eigenvalue weighted by molar-refractivity contribution is 9.10. The average molecular weight is 657 g/mol. The van der Waals surface area contributed by atoms with Gasteiger partial charge in [0.15, 0.2) is 4.80 Å². The monoisotopic (exact) mass is 655 g/mol. The number of H-pyrrole nitrogens is 1. The van der Waals surface area contributed by atoms with Gasteiger partial charge >= 0.3 is 5.97 Å². The fourth-order valence-electron chi connectivity index (χ4n) is 5.57. The summed E-state index contributed by atoms with van der Waals surface area (Å²) in [5, 5.41) is 1.02. The first kappa shape index (κ1) is 28.9. The molecule has 0 spiro atoms. The summed E-state index contributed by atoms with van der Waals surface area (Å²) in [6.45, 7) is 7.44. The summed E-state index contributed by atoms with van der Waals surface area (Å²) in [5.41, 5.74) is 6.20. The fraction of sp³-hybridized carbons (Fsp3) is 0.206. The Morgan fingerprint density at radius 2 is 1.86 bits per heavy atom. The van der Waals surface area contributed by atoms with Gasteiger partial charge in [0, 0.05) is 26.5 Å². The molecule has 9 heteroatoms. The van der Waals surface area contributed by atoms with Crippen LogP contribution in [0.3, 0.4) is 0 Å². The second-order valence-corrected chi connectivity index (χ2v) is 12.6. The van der Waals surface area contributed by atoms with Gasteiger partial charge in [-0.15, -0.1) is 0 Å². The topological polar surface area (TPSA) is 85.7 Å². The number of hydrogen-bond acceptors (Lipinski definition) is 6. The third-order valence-electron chi connectivity index (χ3n) is 7.49. The molecule has 6 rings (SSSR count). The second-order valence-electron chi connectivity index (χ2n) is 10.7. The predicted octanol–water partition coefficient (Wildman–Crippen LogP) is 6.41. The van der Waals surface area contributed by atoms with Crippen LogP contribution >= 0.6 is 27.3 Å². The summed E-state index contributed by atoms with van der Waals surface area (Å²) in [4.78, 5) is 36.8. The fourth-order valence-corrected chi connectivity index (χ4v) is 6.98. The van der Waals surface area contributed by atoms with E-state index in [0.29, 0.717) is 31.9 Å². The first-order valence-electron chi connectivity index (χ1n) is 13.9. The number of carbonyl (C=O) groups excluding carboxylic acids is 1. The molecular weight excluding hydrogens is 626 g/mol. The molecule has 0 fully saturated rings. The molecule has 218 valence electrons. The van der Waals surface area contributed by atoms with E-state index in [1.165, 1.54) is 11.3 Å². The number of nitrogens with zero attached hydrogens (tertiary/aromatic N) is 2. The number of benzene rings is 3. The number of aromatic amines is 1. The van der Waals surface area contributed by atoms with Crippen LogP contribution in [0.4, 0.5) is 0 Å². The molecule has 1 aliphatic rings. The van der Waals surface area contributed by atoms with E-state index in [1.54, 1.807) is 32.4 Å². The van der Waals surface area contributed by atoms with E-state index < -0.39 is 12.0 Å². The lowest BCUT2D eigenvalue weighted by atomic mass is 9.95. The summed E-state index contributed by atoms with van der Waals surface area (Å²) < 4.78 is 14.3. The van der Waals surface area contributed by atoms with Crippen LogP contribution in [0.25, 0.3) is 28.2 Å². The lowest BCUT2D eigenvalue weighted by Gasteiger charge is -2.26. The molecule has 7 nitrogen and oxygen atoms in total. The first-order valence-corrected chi connectivity index (χ1v) is 15.5. The van der Waals surface area contributed by atoms with E-state index in [4.69, 9.17) is 14.5 Å². The molecule has 2 aromatic heterocycles. The van der Waals surface area contributed by atoms with Gasteiger partial charge in [0.25, 0.3) is 5.56 Å². The lowest BCUT2D eigenvalue weighted by molar-refractivity contribution is -0.143. The Morgan fingerprint density at radius 1 is 1.09 bits per heavy atom. The molecule has 3 aromatic carbocycles. The van der Waals surface area contributed by atoms with E-state index in [9.17, 15) is 9.59 Å². The van der Waals surface area contributed by atoms with Crippen molar-refractivity contribution in [3.05, 3.63) is 119 Å². The zero-order chi connectivity index (χ0) is 30.4. The molecule has 5 aromatic rings. The van der Waals surface area contributed by atoms with Gasteiger partial charge in [-0.3, -0.25) is 9.36 Å². The molecule has 0 bridgehead atoms. The van der Waals surface area contributed by atoms with Crippen molar-refractivity contribution in [2.45, 2.75) is 39.8 Å². The van der Waals surface area contributed by atoms with Gasteiger partial charge in [0.2, 0.25) is 0 Å². The number of halogens is 1. The largest absolute Gasteiger partial charge is 0.496 e. The number of hydrogen-bond donors (Lipinski definition) is 1. The van der Waals surface area contributed by atoms with Crippen molar-refractivity contribution in [3.8, 4) is 17.0 Å². The van der Waals surface area contributed by atoms with Crippen LogP contribution in [0.1, 0.15) is 43.5 Å². The summed E-state index contributed by atoms with van der Waals surface area (Å²) in [6.07, 6.45) is 1.59. The maximum absolute atomic E-state index is 14.4. The summed E-state index contributed by atoms with van der Waals surface area (Å²) in [5.74, 6) is 0.0295. The number of esters is 1. The van der Waals surface area contributed by atoms with E-state index >= 15 is 0 Å². The Balaban J connectivity index is 1.64. The van der Waals surface area contributed by atoms with Gasteiger partial charge in [-0.1, -0.05) is 75.8 Å². The average Bonchev–Trinajstić information content (AvgIpc) is 3.50. The summed E-state index contributed by atoms with van der Waals surface area (Å²) in [6, 6.07) is 21.0. The molecule has 0 amide bonds. The highest BCUT2D eigenvalue weighted by Crippen LogP contribution is 2.38. The molecule has 0 saturated heterocycles. The van der Waals surface area contributed by atoms with Crippen LogP contribution < -0.4 is 19.6 Å². The minimum Gasteiger partial charge on any atom is -0.496 e. The molecule has 0 aliphatic carbocycles. The molecule has 1 N–H and O–H groups in total. The summed E-state index contributed by atoms with van der Waals surface area (Å²) in [7, 11) is 1.57. The minimum atomic E-state index is -0.795. The van der Waals surface area contributed by atoms with Gasteiger partial charge in [-0.2, -0.15) is 0 Å². The van der Waals surface area contributed by atoms with E-state index in [-0.39, 0.29) is 11.7 Å². The van der Waals surface area contributed by atoms with Crippen molar-refractivity contribution >= 4 is 50.2 Å². The minimum absolute atomic E-state index is 0.251. The molecule has 3 heterocycles. The van der Waals surface area contributed by atoms with Crippen molar-refractivity contribution in [2.75, 3.05) is 7.11 Å². The third-order valence-corrected chi connectivity index (χ3v) is 8.97. The zero-order valence-electron chi connectivity index (χ0n) is 24.4. The Labute approximate surface area is 261 Å². The number of aromatic nitrogens is 2. The molecule has 0 radical (unpaired) electrons. The van der Waals surface area contributed by atoms with Gasteiger partial charge in [-0.05, 0) is 63.1 Å².